The molecule has 0 N–H and O–H groups in total. The molecule has 76 valence electrons. The van der Waals surface area contributed by atoms with E-state index in [1.807, 2.05) is 0 Å². The van der Waals surface area contributed by atoms with E-state index in [4.69, 9.17) is 13.3 Å². The second-order valence-corrected chi connectivity index (χ2v) is 3.69. The van der Waals surface area contributed by atoms with Crippen LogP contribution in [0.25, 0.3) is 0 Å². The van der Waals surface area contributed by atoms with E-state index in [0.29, 0.717) is 0 Å². The maximum Gasteiger partial charge on any atom is 0.483 e. The smallest absolute Gasteiger partial charge is 0.379 e. The molecule has 0 heterocycles. The molecule has 0 aliphatic heterocycles. The van der Waals surface area contributed by atoms with Crippen molar-refractivity contribution in [3.63, 3.8) is 0 Å². The Balaban J connectivity index is 0. The average Bonchev–Trinajstić information content (AvgIpc) is 2.18. The van der Waals surface area contributed by atoms with E-state index in [-0.39, 0.29) is 0 Å². The lowest BCUT2D eigenvalue weighted by Crippen LogP contribution is -2.21. The first-order valence-corrected chi connectivity index (χ1v) is 4.94. The van der Waals surface area contributed by atoms with Crippen molar-refractivity contribution < 1.29 is 18.1 Å². The van der Waals surface area contributed by atoms with Gasteiger partial charge in [0.2, 0.25) is 6.08 Å². The van der Waals surface area contributed by atoms with Crippen molar-refractivity contribution in [2.24, 2.45) is 4.99 Å². The van der Waals surface area contributed by atoms with E-state index in [0.717, 1.165) is 0 Å². The van der Waals surface area contributed by atoms with Crippen LogP contribution in [-0.4, -0.2) is 36.9 Å². The third-order valence-electron chi connectivity index (χ3n) is 0.854. The van der Waals surface area contributed by atoms with Crippen LogP contribution in [0, 0.1) is 0 Å². The van der Waals surface area contributed by atoms with E-state index < -0.39 is 9.53 Å². The predicted octanol–water partition coefficient (Wildman–Crippen LogP) is 0.499. The number of isocyanates is 1. The summed E-state index contributed by atoms with van der Waals surface area (Å²) in [7, 11) is 3.05. The minimum absolute atomic E-state index is 1.36. The number of aliphatic imine (C=N–C) groups is 1. The maximum absolute atomic E-state index is 9.22. The molecule has 0 bridgehead atoms. The lowest BCUT2D eigenvalue weighted by Gasteiger charge is -2.05. The van der Waals surface area contributed by atoms with E-state index in [1.54, 1.807) is 34.3 Å². The SMILES string of the molecule is CC=CN=C=O.CO[SiH](OC)OC. The van der Waals surface area contributed by atoms with Crippen LogP contribution < -0.4 is 0 Å². The lowest BCUT2D eigenvalue weighted by molar-refractivity contribution is 0.163. The molecule has 0 radical (unpaired) electrons. The molecule has 0 fully saturated rings. The topological polar surface area (TPSA) is 57.1 Å². The number of hydrogen-bond donors (Lipinski definition) is 0. The Labute approximate surface area is 80.0 Å². The molecule has 0 aliphatic carbocycles. The zero-order valence-corrected chi connectivity index (χ0v) is 9.47. The number of allylic oxidation sites excluding steroid dienone is 1. The molecule has 0 unspecified atom stereocenters. The molecule has 0 saturated heterocycles. The van der Waals surface area contributed by atoms with Crippen molar-refractivity contribution in [2.45, 2.75) is 6.92 Å². The first kappa shape index (κ1) is 14.7. The minimum atomic E-state index is -1.67. The zero-order valence-electron chi connectivity index (χ0n) is 8.31. The van der Waals surface area contributed by atoms with Gasteiger partial charge in [-0.15, -0.1) is 0 Å². The van der Waals surface area contributed by atoms with Gasteiger partial charge in [0.15, 0.2) is 0 Å². The van der Waals surface area contributed by atoms with Crippen LogP contribution in [0.5, 0.6) is 0 Å². The number of carbonyl (C=O) groups excluding carboxylic acids is 1. The van der Waals surface area contributed by atoms with Gasteiger partial charge in [-0.3, -0.25) is 0 Å². The van der Waals surface area contributed by atoms with Crippen LogP contribution in [0.2, 0.25) is 0 Å². The van der Waals surface area contributed by atoms with Crippen molar-refractivity contribution >= 4 is 15.6 Å². The first-order valence-electron chi connectivity index (χ1n) is 3.53. The van der Waals surface area contributed by atoms with Crippen LogP contribution in [-0.2, 0) is 18.1 Å². The van der Waals surface area contributed by atoms with Gasteiger partial charge in [0, 0.05) is 27.5 Å². The Kier molecular flexibility index (Phi) is 15.6. The highest BCUT2D eigenvalue weighted by molar-refractivity contribution is 6.36. The number of rotatable bonds is 4. The van der Waals surface area contributed by atoms with Gasteiger partial charge in [0.1, 0.15) is 0 Å². The molecule has 0 spiro atoms. The van der Waals surface area contributed by atoms with Crippen LogP contribution in [0.4, 0.5) is 0 Å². The molecule has 0 aromatic rings. The van der Waals surface area contributed by atoms with Crippen molar-refractivity contribution in [3.8, 4) is 0 Å². The van der Waals surface area contributed by atoms with Gasteiger partial charge in [-0.1, -0.05) is 6.08 Å². The summed E-state index contributed by atoms with van der Waals surface area (Å²) in [5.41, 5.74) is 0. The Morgan fingerprint density at radius 3 is 1.77 bits per heavy atom. The molecule has 0 aromatic heterocycles. The second kappa shape index (κ2) is 13.8. The van der Waals surface area contributed by atoms with Crippen LogP contribution in [0.3, 0.4) is 0 Å². The van der Waals surface area contributed by atoms with Crippen LogP contribution in [0.15, 0.2) is 17.3 Å². The van der Waals surface area contributed by atoms with Crippen LogP contribution in [0.1, 0.15) is 6.92 Å². The Morgan fingerprint density at radius 1 is 1.23 bits per heavy atom. The molecule has 0 saturated carbocycles. The summed E-state index contributed by atoms with van der Waals surface area (Å²) in [4.78, 5) is 12.3. The summed E-state index contributed by atoms with van der Waals surface area (Å²) in [5, 5.41) is 0. The fraction of sp³-hybridized carbons (Fsp3) is 0.571. The van der Waals surface area contributed by atoms with E-state index in [9.17, 15) is 4.79 Å². The molecular formula is C7H15NO4Si. The zero-order chi connectivity index (χ0) is 10.5. The first-order chi connectivity index (χ1) is 6.26. The summed E-state index contributed by atoms with van der Waals surface area (Å²) in [6.45, 7) is 1.78. The summed E-state index contributed by atoms with van der Waals surface area (Å²) in [6, 6.07) is 0. The highest BCUT2D eigenvalue weighted by Gasteiger charge is 2.04. The predicted molar refractivity (Wildman–Crippen MR) is 51.1 cm³/mol. The van der Waals surface area contributed by atoms with Crippen molar-refractivity contribution in [3.05, 3.63) is 12.3 Å². The van der Waals surface area contributed by atoms with E-state index in [2.05, 4.69) is 4.99 Å². The normalized spacial score (nSPS) is 9.31. The molecule has 0 rings (SSSR count). The van der Waals surface area contributed by atoms with Gasteiger partial charge in [0.05, 0.1) is 0 Å². The fourth-order valence-electron chi connectivity index (χ4n) is 0.394. The molecule has 0 atom stereocenters. The maximum atomic E-state index is 9.22. The Hall–Kier alpha value is -0.783. The molecule has 13 heavy (non-hydrogen) atoms. The van der Waals surface area contributed by atoms with E-state index in [1.165, 1.54) is 12.3 Å². The molecule has 0 aliphatic rings. The molecular weight excluding hydrogens is 190 g/mol. The van der Waals surface area contributed by atoms with Crippen molar-refractivity contribution in [1.82, 2.24) is 0 Å². The molecule has 5 nitrogen and oxygen atoms in total. The third-order valence-corrected chi connectivity index (χ3v) is 2.01. The Bertz CT molecular complexity index is 158. The van der Waals surface area contributed by atoms with Crippen molar-refractivity contribution in [2.75, 3.05) is 21.3 Å². The van der Waals surface area contributed by atoms with Gasteiger partial charge in [0.25, 0.3) is 0 Å². The quantitative estimate of drug-likeness (QED) is 0.381. The lowest BCUT2D eigenvalue weighted by atomic mass is 10.7. The molecule has 0 aromatic carbocycles. The standard InChI is InChI=1S/C4H5NO.C3H10O3Si/c1-2-3-5-4-6;1-4-7(5-2)6-3/h2-3H,1H3;7H,1-3H3. The fourth-order valence-corrected chi connectivity index (χ4v) is 0.971. The monoisotopic (exact) mass is 205 g/mol. The summed E-state index contributed by atoms with van der Waals surface area (Å²) in [5.74, 6) is 0. The van der Waals surface area contributed by atoms with Crippen molar-refractivity contribution in [1.29, 1.82) is 0 Å². The minimum Gasteiger partial charge on any atom is -0.379 e. The van der Waals surface area contributed by atoms with Crippen LogP contribution >= 0.6 is 0 Å². The third kappa shape index (κ3) is 14.1. The molecule has 6 heteroatoms. The number of nitrogens with zero attached hydrogens (tertiary/aromatic N) is 1. The van der Waals surface area contributed by atoms with Gasteiger partial charge in [-0.2, -0.15) is 4.99 Å². The number of hydrogen-bond acceptors (Lipinski definition) is 5. The molecule has 0 amide bonds. The average molecular weight is 205 g/mol. The largest absolute Gasteiger partial charge is 0.483 e. The summed E-state index contributed by atoms with van der Waals surface area (Å²) >= 11 is 0. The highest BCUT2D eigenvalue weighted by Crippen LogP contribution is 1.81. The second-order valence-electron chi connectivity index (χ2n) is 1.70. The van der Waals surface area contributed by atoms with Gasteiger partial charge in [-0.25, -0.2) is 4.79 Å². The summed E-state index contributed by atoms with van der Waals surface area (Å²) in [6.07, 6.45) is 4.40. The Morgan fingerprint density at radius 2 is 1.69 bits per heavy atom. The van der Waals surface area contributed by atoms with E-state index >= 15 is 0 Å². The van der Waals surface area contributed by atoms with Gasteiger partial charge < -0.3 is 13.3 Å². The highest BCUT2D eigenvalue weighted by atomic mass is 28.3. The van der Waals surface area contributed by atoms with Gasteiger partial charge >= 0.3 is 9.53 Å². The van der Waals surface area contributed by atoms with Gasteiger partial charge in [-0.05, 0) is 6.92 Å². The summed E-state index contributed by atoms with van der Waals surface area (Å²) < 4.78 is 14.2.